The highest BCUT2D eigenvalue weighted by atomic mass is 19.4. The number of rotatable bonds is 8. The van der Waals surface area contributed by atoms with Gasteiger partial charge >= 0.3 is 6.18 Å². The number of amides is 2. The number of hydrogen-bond acceptors (Lipinski definition) is 5. The van der Waals surface area contributed by atoms with E-state index in [4.69, 9.17) is 14.9 Å². The summed E-state index contributed by atoms with van der Waals surface area (Å²) in [6, 6.07) is 12.8. The fourth-order valence-corrected chi connectivity index (χ4v) is 4.09. The number of fused-ring (bicyclic) bond motifs is 1. The van der Waals surface area contributed by atoms with Crippen molar-refractivity contribution in [2.24, 2.45) is 11.7 Å². The Balaban J connectivity index is 0.000000696. The van der Waals surface area contributed by atoms with E-state index < -0.39 is 36.6 Å². The topological polar surface area (TPSA) is 107 Å². The van der Waals surface area contributed by atoms with Crippen molar-refractivity contribution in [1.82, 2.24) is 10.3 Å². The summed E-state index contributed by atoms with van der Waals surface area (Å²) in [4.78, 5) is 28.8. The van der Waals surface area contributed by atoms with Crippen LogP contribution in [-0.4, -0.2) is 43.7 Å². The molecule has 0 fully saturated rings. The van der Waals surface area contributed by atoms with Crippen LogP contribution in [0, 0.1) is 11.7 Å². The number of methoxy groups -OCH3 is 1. The Hall–Kier alpha value is -4.25. The Labute approximate surface area is 234 Å². The minimum absolute atomic E-state index is 0.0464. The number of halogens is 4. The quantitative estimate of drug-likeness (QED) is 0.233. The van der Waals surface area contributed by atoms with Crippen LogP contribution in [0.4, 0.5) is 17.6 Å². The van der Waals surface area contributed by atoms with Crippen LogP contribution < -0.4 is 11.1 Å². The maximum Gasteiger partial charge on any atom is 0.389 e. The highest BCUT2D eigenvalue weighted by molar-refractivity contribution is 6.11. The molecule has 0 aliphatic heterocycles. The lowest BCUT2D eigenvalue weighted by Crippen LogP contribution is -2.18. The lowest BCUT2D eigenvalue weighted by molar-refractivity contribution is -0.134. The maximum absolute atomic E-state index is 13.4. The molecule has 0 saturated carbocycles. The van der Waals surface area contributed by atoms with Crippen LogP contribution in [0.1, 0.15) is 46.7 Å². The van der Waals surface area contributed by atoms with Crippen LogP contribution in [0.2, 0.25) is 0 Å². The fourth-order valence-electron chi connectivity index (χ4n) is 4.09. The van der Waals surface area contributed by atoms with Crippen LogP contribution >= 0.6 is 0 Å². The van der Waals surface area contributed by atoms with Gasteiger partial charge in [-0.2, -0.15) is 13.2 Å². The fraction of sp³-hybridized carbons (Fsp3) is 0.300. The van der Waals surface area contributed by atoms with Gasteiger partial charge in [-0.15, -0.1) is 0 Å². The van der Waals surface area contributed by atoms with Crippen LogP contribution in [-0.2, 0) is 11.2 Å². The number of primary amides is 1. The van der Waals surface area contributed by atoms with Gasteiger partial charge in [0.1, 0.15) is 11.6 Å². The Kier molecular flexibility index (Phi) is 10.2. The maximum atomic E-state index is 13.4. The molecule has 0 spiro atoms. The monoisotopic (exact) mass is 573 g/mol. The molecule has 7 nitrogen and oxygen atoms in total. The first-order valence-electron chi connectivity index (χ1n) is 12.7. The van der Waals surface area contributed by atoms with Crippen molar-refractivity contribution in [3.05, 3.63) is 77.2 Å². The molecule has 0 bridgehead atoms. The molecular weight excluding hydrogens is 542 g/mol. The van der Waals surface area contributed by atoms with Crippen molar-refractivity contribution in [2.45, 2.75) is 32.9 Å². The van der Waals surface area contributed by atoms with Crippen LogP contribution in [0.15, 0.2) is 59.0 Å². The van der Waals surface area contributed by atoms with Crippen molar-refractivity contribution in [2.75, 3.05) is 20.8 Å². The molecule has 4 aromatic rings. The number of carbonyl (C=O) groups excluding carboxylic acids is 2. The van der Waals surface area contributed by atoms with Gasteiger partial charge in [-0.05, 0) is 60.4 Å². The zero-order valence-corrected chi connectivity index (χ0v) is 23.1. The molecule has 0 aliphatic carbocycles. The average molecular weight is 574 g/mol. The zero-order chi connectivity index (χ0) is 30.3. The van der Waals surface area contributed by atoms with Gasteiger partial charge in [-0.1, -0.05) is 26.0 Å². The Bertz CT molecular complexity index is 1510. The van der Waals surface area contributed by atoms with Crippen molar-refractivity contribution in [3.8, 4) is 22.5 Å². The molecule has 0 unspecified atom stereocenters. The van der Waals surface area contributed by atoms with Crippen LogP contribution in [0.5, 0.6) is 0 Å². The first-order valence-corrected chi connectivity index (χ1v) is 12.7. The summed E-state index contributed by atoms with van der Waals surface area (Å²) in [6.45, 7) is 5.13. The normalized spacial score (nSPS) is 11.3. The molecule has 2 aromatic heterocycles. The molecule has 3 N–H and O–H groups in total. The molecule has 0 atom stereocenters. The van der Waals surface area contributed by atoms with Gasteiger partial charge in [0.05, 0.1) is 16.6 Å². The number of furan rings is 1. The van der Waals surface area contributed by atoms with E-state index in [9.17, 15) is 27.2 Å². The van der Waals surface area contributed by atoms with Crippen molar-refractivity contribution in [3.63, 3.8) is 0 Å². The number of nitrogens with two attached hydrogens (primary N) is 1. The Morgan fingerprint density at radius 1 is 1.07 bits per heavy atom. The third-order valence-corrected chi connectivity index (χ3v) is 5.93. The molecule has 0 aliphatic rings. The lowest BCUT2D eigenvalue weighted by Gasteiger charge is -2.12. The van der Waals surface area contributed by atoms with Crippen molar-refractivity contribution >= 4 is 22.9 Å². The number of aromatic nitrogens is 1. The minimum Gasteiger partial charge on any atom is -0.437 e. The number of alkyl halides is 3. The highest BCUT2D eigenvalue weighted by Crippen LogP contribution is 2.37. The predicted octanol–water partition coefficient (Wildman–Crippen LogP) is 6.54. The summed E-state index contributed by atoms with van der Waals surface area (Å²) in [6.07, 6.45) is -6.03. The molecule has 218 valence electrons. The molecule has 4 rings (SSSR count). The van der Waals surface area contributed by atoms with E-state index in [0.717, 1.165) is 6.61 Å². The van der Waals surface area contributed by atoms with E-state index in [0.29, 0.717) is 22.6 Å². The SMILES string of the molecule is CNC(=O)c1c(-c2ccc(F)cc2)oc2nc(CCC(F)(F)F)c(-c3cccc(C(N)=O)c3)cc12.COCC(C)C. The molecule has 11 heteroatoms. The first kappa shape index (κ1) is 31.3. The van der Waals surface area contributed by atoms with Crippen molar-refractivity contribution in [1.29, 1.82) is 0 Å². The number of nitrogens with zero attached hydrogens (tertiary/aromatic N) is 1. The van der Waals surface area contributed by atoms with E-state index in [1.807, 2.05) is 0 Å². The second-order valence-corrected chi connectivity index (χ2v) is 9.64. The third-order valence-electron chi connectivity index (χ3n) is 5.93. The zero-order valence-electron chi connectivity index (χ0n) is 23.1. The van der Waals surface area contributed by atoms with Crippen molar-refractivity contribution < 1.29 is 36.3 Å². The van der Waals surface area contributed by atoms with E-state index in [2.05, 4.69) is 24.1 Å². The van der Waals surface area contributed by atoms with Gasteiger partial charge < -0.3 is 20.2 Å². The number of hydrogen-bond donors (Lipinski definition) is 2. The summed E-state index contributed by atoms with van der Waals surface area (Å²) < 4.78 is 63.2. The summed E-state index contributed by atoms with van der Waals surface area (Å²) in [5.74, 6) is -0.947. The third kappa shape index (κ3) is 8.14. The standard InChI is InChI=1S/C25H19F4N3O3.C5H12O/c1-31-23(34)20-18-12-17(14-3-2-4-15(11-14)22(30)33)19(9-10-25(27,28)29)32-24(18)35-21(20)13-5-7-16(26)8-6-13;1-5(2)4-6-3/h2-8,11-12H,9-10H2,1H3,(H2,30,33)(H,31,34);5H,4H2,1-3H3. The number of ether oxygens (including phenoxy) is 1. The summed E-state index contributed by atoms with van der Waals surface area (Å²) in [5, 5.41) is 2.76. The number of carbonyl (C=O) groups is 2. The van der Waals surface area contributed by atoms with E-state index >= 15 is 0 Å². The molecule has 2 amide bonds. The summed E-state index contributed by atoms with van der Waals surface area (Å²) >= 11 is 0. The first-order chi connectivity index (χ1) is 19.3. The summed E-state index contributed by atoms with van der Waals surface area (Å²) in [7, 11) is 3.14. The number of pyridine rings is 1. The van der Waals surface area contributed by atoms with E-state index in [-0.39, 0.29) is 33.7 Å². The molecule has 0 radical (unpaired) electrons. The smallest absolute Gasteiger partial charge is 0.389 e. The van der Waals surface area contributed by atoms with Gasteiger partial charge in [0.25, 0.3) is 5.91 Å². The Morgan fingerprint density at radius 2 is 1.76 bits per heavy atom. The van der Waals surface area contributed by atoms with Gasteiger partial charge in [0.2, 0.25) is 11.6 Å². The largest absolute Gasteiger partial charge is 0.437 e. The Morgan fingerprint density at radius 3 is 2.29 bits per heavy atom. The molecule has 0 saturated heterocycles. The van der Waals surface area contributed by atoms with Gasteiger partial charge in [0, 0.05) is 43.9 Å². The molecule has 41 heavy (non-hydrogen) atoms. The second-order valence-electron chi connectivity index (χ2n) is 9.64. The van der Waals surface area contributed by atoms with E-state index in [1.54, 1.807) is 19.2 Å². The number of aryl methyl sites for hydroxylation is 1. The highest BCUT2D eigenvalue weighted by Gasteiger charge is 2.29. The lowest BCUT2D eigenvalue weighted by atomic mass is 9.96. The van der Waals surface area contributed by atoms with Gasteiger partial charge in [-0.25, -0.2) is 9.37 Å². The number of nitrogens with one attached hydrogen (secondary N) is 1. The second kappa shape index (κ2) is 13.4. The van der Waals surface area contributed by atoms with Gasteiger partial charge in [-0.3, -0.25) is 9.59 Å². The van der Waals surface area contributed by atoms with Gasteiger partial charge in [0.15, 0.2) is 0 Å². The summed E-state index contributed by atoms with van der Waals surface area (Å²) in [5.41, 5.74) is 6.73. The number of benzene rings is 2. The molecular formula is C30H31F4N3O4. The van der Waals surface area contributed by atoms with Crippen LogP contribution in [0.25, 0.3) is 33.6 Å². The predicted molar refractivity (Wildman–Crippen MR) is 148 cm³/mol. The molecule has 2 aromatic carbocycles. The van der Waals surface area contributed by atoms with Crippen LogP contribution in [0.3, 0.4) is 0 Å². The molecule has 2 heterocycles. The average Bonchev–Trinajstić information content (AvgIpc) is 3.29. The van der Waals surface area contributed by atoms with E-state index in [1.165, 1.54) is 49.5 Å². The minimum atomic E-state index is -4.43.